The maximum atomic E-state index is 12.0. The second-order valence-electron chi connectivity index (χ2n) is 5.42. The number of aromatic nitrogens is 1. The van der Waals surface area contributed by atoms with Gasteiger partial charge in [0.05, 0.1) is 24.7 Å². The van der Waals surface area contributed by atoms with Gasteiger partial charge in [-0.3, -0.25) is 14.2 Å². The van der Waals surface area contributed by atoms with E-state index >= 15 is 0 Å². The number of hydrogen-bond donors (Lipinski definition) is 0. The fourth-order valence-corrected chi connectivity index (χ4v) is 2.70. The molecule has 0 bridgehead atoms. The second-order valence-corrected chi connectivity index (χ2v) is 11.0. The number of methoxy groups -OCH3 is 1. The highest BCUT2D eigenvalue weighted by molar-refractivity contribution is 9.10. The summed E-state index contributed by atoms with van der Waals surface area (Å²) < 4.78 is 6.74. The minimum Gasteiger partial charge on any atom is -0.469 e. The van der Waals surface area contributed by atoms with E-state index in [-0.39, 0.29) is 17.9 Å². The topological polar surface area (TPSA) is 48.3 Å². The number of pyridine rings is 1. The number of halogens is 1. The lowest BCUT2D eigenvalue weighted by Crippen LogP contribution is -2.22. The Morgan fingerprint density at radius 3 is 2.55 bits per heavy atom. The third kappa shape index (κ3) is 5.35. The predicted octanol–water partition coefficient (Wildman–Crippen LogP) is 2.21. The third-order valence-corrected chi connectivity index (χ3v) is 4.00. The molecule has 0 aromatic carbocycles. The first-order valence-corrected chi connectivity index (χ1v) is 10.5. The van der Waals surface area contributed by atoms with E-state index in [0.29, 0.717) is 16.7 Å². The number of carbonyl (C=O) groups excluding carboxylic acids is 1. The molecule has 108 valence electrons. The molecule has 0 aliphatic rings. The predicted molar refractivity (Wildman–Crippen MR) is 85.2 cm³/mol. The lowest BCUT2D eigenvalue weighted by molar-refractivity contribution is -0.139. The van der Waals surface area contributed by atoms with Gasteiger partial charge >= 0.3 is 5.97 Å². The van der Waals surface area contributed by atoms with Crippen molar-refractivity contribution in [2.45, 2.75) is 32.6 Å². The molecule has 0 aliphatic heterocycles. The average Bonchev–Trinajstić information content (AvgIpc) is 2.31. The summed E-state index contributed by atoms with van der Waals surface area (Å²) in [7, 11) is -0.112. The zero-order valence-corrected chi connectivity index (χ0v) is 14.7. The molecule has 0 radical (unpaired) electrons. The van der Waals surface area contributed by atoms with Crippen LogP contribution in [0.15, 0.2) is 21.5 Å². The van der Waals surface area contributed by atoms with Gasteiger partial charge in [-0.2, -0.15) is 0 Å². The normalized spacial score (nSPS) is 10.7. The summed E-state index contributed by atoms with van der Waals surface area (Å²) in [6.07, 6.45) is 0.0891. The zero-order chi connectivity index (χ0) is 15.3. The van der Waals surface area contributed by atoms with Crippen LogP contribution in [0.2, 0.25) is 19.6 Å². The minimum absolute atomic E-state index is 0.0891. The quantitative estimate of drug-likeness (QED) is 0.361. The molecular formula is C14H18BrNO3Si. The molecule has 20 heavy (non-hydrogen) atoms. The van der Waals surface area contributed by atoms with E-state index in [2.05, 4.69) is 51.8 Å². The highest BCUT2D eigenvalue weighted by Crippen LogP contribution is 2.10. The highest BCUT2D eigenvalue weighted by atomic mass is 79.9. The van der Waals surface area contributed by atoms with E-state index in [9.17, 15) is 9.59 Å². The molecule has 0 unspecified atom stereocenters. The highest BCUT2D eigenvalue weighted by Gasteiger charge is 2.09. The van der Waals surface area contributed by atoms with Crippen molar-refractivity contribution in [3.63, 3.8) is 0 Å². The van der Waals surface area contributed by atoms with Gasteiger partial charge in [-0.1, -0.05) is 25.6 Å². The first-order valence-electron chi connectivity index (χ1n) is 6.19. The first kappa shape index (κ1) is 16.7. The standard InChI is InChI=1S/C14H18BrNO3Si/c1-19-14(18)10-11-8-12(15)16(13(17)9-11)6-5-7-20(2,3)4/h8-9H,6,10H2,1-4H3. The van der Waals surface area contributed by atoms with Crippen LogP contribution in [0.1, 0.15) is 5.56 Å². The van der Waals surface area contributed by atoms with Gasteiger partial charge in [0.15, 0.2) is 0 Å². The summed E-state index contributed by atoms with van der Waals surface area (Å²) in [4.78, 5) is 23.2. The number of esters is 1. The van der Waals surface area contributed by atoms with Crippen LogP contribution in [0.3, 0.4) is 0 Å². The van der Waals surface area contributed by atoms with Crippen LogP contribution in [0.25, 0.3) is 0 Å². The number of nitrogens with zero attached hydrogens (tertiary/aromatic N) is 1. The fraction of sp³-hybridized carbons (Fsp3) is 0.429. The number of ether oxygens (including phenoxy) is 1. The SMILES string of the molecule is COC(=O)Cc1cc(Br)n(CC#C[Si](C)(C)C)c(=O)c1. The Morgan fingerprint density at radius 2 is 2.05 bits per heavy atom. The lowest BCUT2D eigenvalue weighted by Gasteiger charge is -2.08. The Kier molecular flexibility index (Phi) is 5.78. The van der Waals surface area contributed by atoms with E-state index in [1.807, 2.05) is 0 Å². The van der Waals surface area contributed by atoms with Crippen molar-refractivity contribution in [1.82, 2.24) is 4.57 Å². The third-order valence-electron chi connectivity index (χ3n) is 2.41. The first-order chi connectivity index (χ1) is 9.23. The molecule has 0 fully saturated rings. The van der Waals surface area contributed by atoms with E-state index < -0.39 is 8.07 Å². The molecule has 1 rings (SSSR count). The second kappa shape index (κ2) is 6.91. The molecule has 0 aliphatic carbocycles. The Labute approximate surface area is 128 Å². The van der Waals surface area contributed by atoms with E-state index in [1.54, 1.807) is 6.07 Å². The summed E-state index contributed by atoms with van der Waals surface area (Å²) in [5, 5.41) is 0. The summed E-state index contributed by atoms with van der Waals surface area (Å²) in [6, 6.07) is 3.19. The zero-order valence-electron chi connectivity index (χ0n) is 12.1. The van der Waals surface area contributed by atoms with E-state index in [4.69, 9.17) is 0 Å². The molecule has 1 heterocycles. The maximum Gasteiger partial charge on any atom is 0.309 e. The molecule has 1 aromatic rings. The van der Waals surface area contributed by atoms with Gasteiger partial charge in [-0.15, -0.1) is 5.54 Å². The van der Waals surface area contributed by atoms with Gasteiger partial charge in [0, 0.05) is 6.07 Å². The summed E-state index contributed by atoms with van der Waals surface area (Å²) in [5.41, 5.74) is 3.67. The summed E-state index contributed by atoms with van der Waals surface area (Å²) in [6.45, 7) is 6.80. The van der Waals surface area contributed by atoms with Gasteiger partial charge in [0.1, 0.15) is 8.07 Å². The largest absolute Gasteiger partial charge is 0.469 e. The molecule has 0 spiro atoms. The Balaban J connectivity index is 2.97. The number of hydrogen-bond acceptors (Lipinski definition) is 3. The number of rotatable bonds is 3. The summed E-state index contributed by atoms with van der Waals surface area (Å²) in [5.74, 6) is 2.68. The van der Waals surface area contributed by atoms with Crippen molar-refractivity contribution in [2.75, 3.05) is 7.11 Å². The molecule has 0 N–H and O–H groups in total. The van der Waals surface area contributed by atoms with Crippen molar-refractivity contribution < 1.29 is 9.53 Å². The van der Waals surface area contributed by atoms with E-state index in [1.165, 1.54) is 17.7 Å². The molecule has 0 atom stereocenters. The smallest absolute Gasteiger partial charge is 0.309 e. The van der Waals surface area contributed by atoms with Crippen LogP contribution in [0.5, 0.6) is 0 Å². The minimum atomic E-state index is -1.44. The maximum absolute atomic E-state index is 12.0. The van der Waals surface area contributed by atoms with E-state index in [0.717, 1.165) is 0 Å². The van der Waals surface area contributed by atoms with Crippen LogP contribution in [0.4, 0.5) is 0 Å². The Bertz CT molecular complexity index is 620. The van der Waals surface area contributed by atoms with Gasteiger partial charge < -0.3 is 4.74 Å². The fourth-order valence-electron chi connectivity index (χ4n) is 1.49. The lowest BCUT2D eigenvalue weighted by atomic mass is 10.2. The van der Waals surface area contributed by atoms with Crippen LogP contribution < -0.4 is 5.56 Å². The molecule has 0 saturated carbocycles. The van der Waals surface area contributed by atoms with Gasteiger partial charge in [-0.05, 0) is 27.6 Å². The Morgan fingerprint density at radius 1 is 1.40 bits per heavy atom. The monoisotopic (exact) mass is 355 g/mol. The molecule has 6 heteroatoms. The molecule has 0 amide bonds. The molecule has 4 nitrogen and oxygen atoms in total. The van der Waals surface area contributed by atoms with Crippen LogP contribution >= 0.6 is 15.9 Å². The molecule has 1 aromatic heterocycles. The van der Waals surface area contributed by atoms with Gasteiger partial charge in [0.25, 0.3) is 5.56 Å². The molecular weight excluding hydrogens is 338 g/mol. The Hall–Kier alpha value is -1.32. The van der Waals surface area contributed by atoms with Crippen molar-refractivity contribution in [3.8, 4) is 11.5 Å². The van der Waals surface area contributed by atoms with Gasteiger partial charge in [-0.25, -0.2) is 0 Å². The summed E-state index contributed by atoms with van der Waals surface area (Å²) >= 11 is 3.34. The van der Waals surface area contributed by atoms with Crippen molar-refractivity contribution in [1.29, 1.82) is 0 Å². The van der Waals surface area contributed by atoms with Crippen LogP contribution in [0, 0.1) is 11.5 Å². The average molecular weight is 356 g/mol. The van der Waals surface area contributed by atoms with Crippen LogP contribution in [-0.4, -0.2) is 25.7 Å². The van der Waals surface area contributed by atoms with Crippen LogP contribution in [-0.2, 0) is 22.5 Å². The van der Waals surface area contributed by atoms with Crippen molar-refractivity contribution in [2.24, 2.45) is 0 Å². The van der Waals surface area contributed by atoms with Crippen molar-refractivity contribution >= 4 is 30.0 Å². The molecule has 0 saturated heterocycles. The van der Waals surface area contributed by atoms with Crippen molar-refractivity contribution in [3.05, 3.63) is 32.7 Å². The number of carbonyl (C=O) groups is 1. The van der Waals surface area contributed by atoms with Gasteiger partial charge in [0.2, 0.25) is 0 Å².